The Labute approximate surface area is 117 Å². The van der Waals surface area contributed by atoms with Crippen LogP contribution in [-0.4, -0.2) is 11.8 Å². The molecule has 108 valence electrons. The van der Waals surface area contributed by atoms with E-state index in [1.807, 2.05) is 0 Å². The van der Waals surface area contributed by atoms with Crippen molar-refractivity contribution in [3.63, 3.8) is 0 Å². The zero-order valence-electron chi connectivity index (χ0n) is 12.7. The Bertz CT molecular complexity index is 159. The van der Waals surface area contributed by atoms with Gasteiger partial charge in [0, 0.05) is 0 Å². The van der Waals surface area contributed by atoms with Gasteiger partial charge in [-0.25, -0.2) is 0 Å². The molecule has 0 aromatic rings. The molecule has 0 radical (unpaired) electrons. The summed E-state index contributed by atoms with van der Waals surface area (Å²) in [5, 5.41) is 0. The molecule has 0 nitrogen and oxygen atoms in total. The van der Waals surface area contributed by atoms with Gasteiger partial charge in [0.1, 0.15) is 0 Å². The Morgan fingerprint density at radius 2 is 1.28 bits per heavy atom. The van der Waals surface area contributed by atoms with Crippen LogP contribution in [0.4, 0.5) is 0 Å². The van der Waals surface area contributed by atoms with E-state index in [0.29, 0.717) is 0 Å². The molecule has 0 spiro atoms. The fourth-order valence-corrected chi connectivity index (χ4v) is 4.73. The summed E-state index contributed by atoms with van der Waals surface area (Å²) in [5.41, 5.74) is 1.12. The number of hydrogen-bond acceptors (Lipinski definition) is 0. The van der Waals surface area contributed by atoms with Crippen molar-refractivity contribution in [1.82, 2.24) is 0 Å². The average molecular weight is 270 g/mol. The molecular formula is C17H35P. The van der Waals surface area contributed by atoms with Crippen LogP contribution in [0.3, 0.4) is 0 Å². The molecule has 1 rings (SSSR count). The van der Waals surface area contributed by atoms with Crippen LogP contribution in [0.2, 0.25) is 0 Å². The standard InChI is InChI=1S/C17H35P/c1-2-3-4-5-6-10-13-16-18-17-14-11-8-7-9-12-15-17/h17-18H,2-16H2,1H3. The van der Waals surface area contributed by atoms with Crippen molar-refractivity contribution in [3.05, 3.63) is 0 Å². The van der Waals surface area contributed by atoms with Crippen LogP contribution < -0.4 is 0 Å². The van der Waals surface area contributed by atoms with Crippen LogP contribution in [0.25, 0.3) is 0 Å². The van der Waals surface area contributed by atoms with Crippen molar-refractivity contribution in [1.29, 1.82) is 0 Å². The summed E-state index contributed by atoms with van der Waals surface area (Å²) in [6.45, 7) is 2.30. The van der Waals surface area contributed by atoms with Gasteiger partial charge in [-0.05, 0) is 31.1 Å². The van der Waals surface area contributed by atoms with Gasteiger partial charge in [-0.15, -0.1) is 8.58 Å². The van der Waals surface area contributed by atoms with Gasteiger partial charge < -0.3 is 0 Å². The minimum absolute atomic E-state index is 1.12. The van der Waals surface area contributed by atoms with Gasteiger partial charge in [0.2, 0.25) is 0 Å². The quantitative estimate of drug-likeness (QED) is 0.330. The van der Waals surface area contributed by atoms with Gasteiger partial charge in [0.15, 0.2) is 0 Å². The first kappa shape index (κ1) is 16.5. The maximum atomic E-state index is 2.30. The lowest BCUT2D eigenvalue weighted by molar-refractivity contribution is 0.510. The van der Waals surface area contributed by atoms with E-state index in [0.717, 1.165) is 5.66 Å². The Kier molecular flexibility index (Phi) is 11.4. The molecule has 1 fully saturated rings. The molecule has 0 N–H and O–H groups in total. The lowest BCUT2D eigenvalue weighted by Gasteiger charge is -2.19. The Morgan fingerprint density at radius 1 is 0.722 bits per heavy atom. The molecule has 0 heterocycles. The molecule has 1 aliphatic carbocycles. The van der Waals surface area contributed by atoms with Gasteiger partial charge in [0.25, 0.3) is 0 Å². The molecule has 0 aromatic carbocycles. The highest BCUT2D eigenvalue weighted by Crippen LogP contribution is 2.32. The van der Waals surface area contributed by atoms with Gasteiger partial charge >= 0.3 is 0 Å². The molecule has 1 unspecified atom stereocenters. The second-order valence-corrected chi connectivity index (χ2v) is 7.84. The van der Waals surface area contributed by atoms with Crippen molar-refractivity contribution < 1.29 is 0 Å². The number of unbranched alkanes of at least 4 members (excludes halogenated alkanes) is 6. The normalized spacial score (nSPS) is 19.2. The fraction of sp³-hybridized carbons (Fsp3) is 1.00. The number of rotatable bonds is 9. The van der Waals surface area contributed by atoms with Crippen LogP contribution in [0.15, 0.2) is 0 Å². The first-order valence-corrected chi connectivity index (χ1v) is 9.95. The van der Waals surface area contributed by atoms with Gasteiger partial charge in [-0.3, -0.25) is 0 Å². The van der Waals surface area contributed by atoms with Crippen molar-refractivity contribution in [3.8, 4) is 0 Å². The van der Waals surface area contributed by atoms with Crippen LogP contribution in [-0.2, 0) is 0 Å². The van der Waals surface area contributed by atoms with E-state index in [-0.39, 0.29) is 0 Å². The van der Waals surface area contributed by atoms with Crippen LogP contribution in [0.1, 0.15) is 96.8 Å². The predicted molar refractivity (Wildman–Crippen MR) is 87.3 cm³/mol. The first-order valence-electron chi connectivity index (χ1n) is 8.67. The van der Waals surface area contributed by atoms with Crippen molar-refractivity contribution >= 4 is 8.58 Å². The highest BCUT2D eigenvalue weighted by atomic mass is 31.1. The summed E-state index contributed by atoms with van der Waals surface area (Å²) in [6.07, 6.45) is 22.5. The molecule has 1 heteroatoms. The summed E-state index contributed by atoms with van der Waals surface area (Å²) in [5.74, 6) is 0. The first-order chi connectivity index (χ1) is 8.93. The third-order valence-corrected chi connectivity index (χ3v) is 6.12. The van der Waals surface area contributed by atoms with E-state index < -0.39 is 0 Å². The molecule has 0 aliphatic heterocycles. The summed E-state index contributed by atoms with van der Waals surface area (Å²) < 4.78 is 0. The van der Waals surface area contributed by atoms with Crippen molar-refractivity contribution in [2.45, 2.75) is 102 Å². The number of hydrogen-bond donors (Lipinski definition) is 0. The molecular weight excluding hydrogens is 235 g/mol. The molecule has 1 aliphatic rings. The minimum Gasteiger partial charge on any atom is -0.119 e. The van der Waals surface area contributed by atoms with E-state index in [1.165, 1.54) is 85.6 Å². The van der Waals surface area contributed by atoms with E-state index >= 15 is 0 Å². The fourth-order valence-electron chi connectivity index (χ4n) is 3.05. The van der Waals surface area contributed by atoms with Gasteiger partial charge in [0.05, 0.1) is 0 Å². The molecule has 1 atom stereocenters. The predicted octanol–water partition coefficient (Wildman–Crippen LogP) is 6.53. The summed E-state index contributed by atoms with van der Waals surface area (Å²) in [4.78, 5) is 0. The molecule has 18 heavy (non-hydrogen) atoms. The Hall–Kier alpha value is 0.430. The largest absolute Gasteiger partial charge is 0.119 e. The third kappa shape index (κ3) is 9.37. The van der Waals surface area contributed by atoms with Crippen molar-refractivity contribution in [2.24, 2.45) is 0 Å². The Balaban J connectivity index is 1.86. The molecule has 0 aromatic heterocycles. The van der Waals surface area contributed by atoms with Crippen LogP contribution in [0.5, 0.6) is 0 Å². The van der Waals surface area contributed by atoms with Gasteiger partial charge in [-0.2, -0.15) is 0 Å². The molecule has 1 saturated carbocycles. The molecule has 0 bridgehead atoms. The molecule has 0 amide bonds. The summed E-state index contributed by atoms with van der Waals surface area (Å²) in [7, 11) is 1.29. The topological polar surface area (TPSA) is 0 Å². The second kappa shape index (κ2) is 12.5. The van der Waals surface area contributed by atoms with Crippen LogP contribution >= 0.6 is 8.58 Å². The maximum Gasteiger partial charge on any atom is -0.0237 e. The summed E-state index contributed by atoms with van der Waals surface area (Å²) in [6, 6.07) is 0. The summed E-state index contributed by atoms with van der Waals surface area (Å²) >= 11 is 0. The lowest BCUT2D eigenvalue weighted by Crippen LogP contribution is -2.04. The van der Waals surface area contributed by atoms with Crippen molar-refractivity contribution in [2.75, 3.05) is 6.16 Å². The molecule has 0 saturated heterocycles. The minimum atomic E-state index is 1.12. The van der Waals surface area contributed by atoms with E-state index in [2.05, 4.69) is 6.92 Å². The maximum absolute atomic E-state index is 2.30. The van der Waals surface area contributed by atoms with Gasteiger partial charge in [-0.1, -0.05) is 77.6 Å². The monoisotopic (exact) mass is 270 g/mol. The highest BCUT2D eigenvalue weighted by Gasteiger charge is 2.10. The van der Waals surface area contributed by atoms with E-state index in [9.17, 15) is 0 Å². The highest BCUT2D eigenvalue weighted by molar-refractivity contribution is 7.38. The second-order valence-electron chi connectivity index (χ2n) is 6.12. The van der Waals surface area contributed by atoms with E-state index in [1.54, 1.807) is 19.0 Å². The zero-order chi connectivity index (χ0) is 12.9. The van der Waals surface area contributed by atoms with Crippen LogP contribution in [0, 0.1) is 0 Å². The van der Waals surface area contributed by atoms with E-state index in [4.69, 9.17) is 0 Å². The average Bonchev–Trinajstić information content (AvgIpc) is 2.34. The third-order valence-electron chi connectivity index (χ3n) is 4.32. The lowest BCUT2D eigenvalue weighted by atomic mass is 10.0. The smallest absolute Gasteiger partial charge is 0.0237 e. The Morgan fingerprint density at radius 3 is 1.94 bits per heavy atom. The SMILES string of the molecule is CCCCCCCCCPC1CCCCCCC1. The zero-order valence-corrected chi connectivity index (χ0v) is 13.7.